The number of para-hydroxylation sites is 1. The predicted octanol–water partition coefficient (Wildman–Crippen LogP) is 2.54. The molecule has 0 spiro atoms. The first-order valence-electron chi connectivity index (χ1n) is 6.55. The van der Waals surface area contributed by atoms with Crippen molar-refractivity contribution in [2.24, 2.45) is 5.10 Å². The van der Waals surface area contributed by atoms with E-state index in [4.69, 9.17) is 0 Å². The van der Waals surface area contributed by atoms with Crippen LogP contribution in [-0.2, 0) is 4.79 Å². The lowest BCUT2D eigenvalue weighted by Crippen LogP contribution is -2.13. The third kappa shape index (κ3) is 4.34. The van der Waals surface area contributed by atoms with E-state index in [1.807, 2.05) is 0 Å². The maximum atomic E-state index is 11.6. The molecule has 0 saturated heterocycles. The summed E-state index contributed by atoms with van der Waals surface area (Å²) in [6, 6.07) is 11.7. The number of nitrogens with zero attached hydrogens (tertiary/aromatic N) is 3. The summed E-state index contributed by atoms with van der Waals surface area (Å²) in [7, 11) is 0. The molecule has 0 heterocycles. The van der Waals surface area contributed by atoms with Gasteiger partial charge in [-0.25, -0.2) is 0 Å². The molecule has 2 rings (SSSR count). The van der Waals surface area contributed by atoms with Crippen molar-refractivity contribution in [1.29, 1.82) is 0 Å². The van der Waals surface area contributed by atoms with Crippen LogP contribution in [0.15, 0.2) is 53.6 Å². The van der Waals surface area contributed by atoms with Crippen molar-refractivity contribution >= 4 is 34.9 Å². The molecule has 2 aromatic carbocycles. The number of nitro benzene ring substituents is 2. The van der Waals surface area contributed by atoms with Gasteiger partial charge in [-0.2, -0.15) is 5.10 Å². The number of carbonyl (C=O) groups excluding carboxylic acids is 1. The highest BCUT2D eigenvalue weighted by molar-refractivity contribution is 6.31. The van der Waals surface area contributed by atoms with Gasteiger partial charge in [-0.1, -0.05) is 18.2 Å². The van der Waals surface area contributed by atoms with Gasteiger partial charge in [0.1, 0.15) is 11.9 Å². The van der Waals surface area contributed by atoms with Crippen LogP contribution in [0, 0.1) is 20.2 Å². The molecule has 0 unspecified atom stereocenters. The fourth-order valence-corrected chi connectivity index (χ4v) is 1.74. The molecular weight excluding hydrogens is 318 g/mol. The molecule has 122 valence electrons. The van der Waals surface area contributed by atoms with Gasteiger partial charge in [0, 0.05) is 11.8 Å². The van der Waals surface area contributed by atoms with Gasteiger partial charge >= 0.3 is 5.69 Å². The maximum absolute atomic E-state index is 11.6. The molecule has 1 amide bonds. The normalized spacial score (nSPS) is 10.3. The van der Waals surface area contributed by atoms with E-state index in [0.29, 0.717) is 5.69 Å². The highest BCUT2D eigenvalue weighted by Crippen LogP contribution is 2.28. The molecule has 0 fully saturated rings. The van der Waals surface area contributed by atoms with Crippen molar-refractivity contribution in [2.75, 3.05) is 10.7 Å². The number of hydrogen-bond donors (Lipinski definition) is 2. The Labute approximate surface area is 135 Å². The van der Waals surface area contributed by atoms with Crippen molar-refractivity contribution < 1.29 is 14.6 Å². The number of nitro groups is 2. The highest BCUT2D eigenvalue weighted by Gasteiger charge is 2.19. The number of anilines is 2. The second-order valence-electron chi connectivity index (χ2n) is 4.44. The minimum atomic E-state index is -0.783. The van der Waals surface area contributed by atoms with Crippen molar-refractivity contribution in [1.82, 2.24) is 0 Å². The molecule has 0 atom stereocenters. The molecule has 0 aliphatic heterocycles. The van der Waals surface area contributed by atoms with Crippen LogP contribution >= 0.6 is 0 Å². The van der Waals surface area contributed by atoms with Gasteiger partial charge in [-0.15, -0.1) is 0 Å². The van der Waals surface area contributed by atoms with E-state index in [0.717, 1.165) is 24.4 Å². The fraction of sp³-hybridized carbons (Fsp3) is 0. The van der Waals surface area contributed by atoms with Crippen LogP contribution in [0.3, 0.4) is 0 Å². The lowest BCUT2D eigenvalue weighted by molar-refractivity contribution is -0.393. The lowest BCUT2D eigenvalue weighted by Gasteiger charge is -2.02. The first-order chi connectivity index (χ1) is 11.5. The second kappa shape index (κ2) is 7.45. The Morgan fingerprint density at radius 1 is 1.04 bits per heavy atom. The van der Waals surface area contributed by atoms with Crippen LogP contribution in [0.25, 0.3) is 0 Å². The van der Waals surface area contributed by atoms with Crippen LogP contribution in [0.1, 0.15) is 0 Å². The molecule has 0 aliphatic rings. The summed E-state index contributed by atoms with van der Waals surface area (Å²) in [6.45, 7) is 0. The summed E-state index contributed by atoms with van der Waals surface area (Å²) in [6.07, 6.45) is 0.901. The average Bonchev–Trinajstić information content (AvgIpc) is 2.55. The summed E-state index contributed by atoms with van der Waals surface area (Å²) in [5, 5.41) is 27.7. The Morgan fingerprint density at radius 2 is 1.75 bits per heavy atom. The van der Waals surface area contributed by atoms with Gasteiger partial charge in [0.05, 0.1) is 15.9 Å². The zero-order chi connectivity index (χ0) is 17.5. The zero-order valence-electron chi connectivity index (χ0n) is 12.1. The van der Waals surface area contributed by atoms with Gasteiger partial charge in [0.15, 0.2) is 0 Å². The van der Waals surface area contributed by atoms with E-state index < -0.39 is 27.1 Å². The number of rotatable bonds is 6. The molecule has 2 N–H and O–H groups in total. The van der Waals surface area contributed by atoms with Crippen molar-refractivity contribution in [2.45, 2.75) is 0 Å². The van der Waals surface area contributed by atoms with E-state index in [-0.39, 0.29) is 5.69 Å². The molecule has 2 aromatic rings. The highest BCUT2D eigenvalue weighted by atomic mass is 16.6. The first-order valence-corrected chi connectivity index (χ1v) is 6.55. The molecule has 0 saturated carbocycles. The standard InChI is InChI=1S/C14H11N5O5/c20-14(16-10-4-2-1-3-5-10)9-15-17-12-7-6-11(18(21)22)8-13(12)19(23)24/h1-9,17H,(H,16,20)/b15-9+. The van der Waals surface area contributed by atoms with Gasteiger partial charge < -0.3 is 5.32 Å². The summed E-state index contributed by atoms with van der Waals surface area (Å²) >= 11 is 0. The number of benzene rings is 2. The topological polar surface area (TPSA) is 140 Å². The number of amides is 1. The van der Waals surface area contributed by atoms with Crippen molar-refractivity contribution in [3.8, 4) is 0 Å². The monoisotopic (exact) mass is 329 g/mol. The summed E-state index contributed by atoms with van der Waals surface area (Å²) in [5.74, 6) is -0.543. The van der Waals surface area contributed by atoms with Crippen molar-refractivity contribution in [3.63, 3.8) is 0 Å². The molecule has 10 nitrogen and oxygen atoms in total. The van der Waals surface area contributed by atoms with E-state index >= 15 is 0 Å². The van der Waals surface area contributed by atoms with Crippen LogP contribution in [0.2, 0.25) is 0 Å². The van der Waals surface area contributed by atoms with E-state index in [2.05, 4.69) is 15.8 Å². The summed E-state index contributed by atoms with van der Waals surface area (Å²) < 4.78 is 0. The van der Waals surface area contributed by atoms with Crippen LogP contribution in [0.5, 0.6) is 0 Å². The molecule has 0 bridgehead atoms. The first kappa shape index (κ1) is 16.5. The fourth-order valence-electron chi connectivity index (χ4n) is 1.74. The van der Waals surface area contributed by atoms with E-state index in [9.17, 15) is 25.0 Å². The van der Waals surface area contributed by atoms with Crippen LogP contribution < -0.4 is 10.7 Å². The molecule has 0 radical (unpaired) electrons. The number of hydrogen-bond acceptors (Lipinski definition) is 7. The Balaban J connectivity index is 2.06. The predicted molar refractivity (Wildman–Crippen MR) is 86.9 cm³/mol. The van der Waals surface area contributed by atoms with Crippen LogP contribution in [0.4, 0.5) is 22.7 Å². The Kier molecular flexibility index (Phi) is 5.13. The van der Waals surface area contributed by atoms with Crippen molar-refractivity contribution in [3.05, 3.63) is 68.8 Å². The maximum Gasteiger partial charge on any atom is 0.301 e. The molecule has 24 heavy (non-hydrogen) atoms. The Bertz CT molecular complexity index is 806. The minimum absolute atomic E-state index is 0.0747. The quantitative estimate of drug-likeness (QED) is 0.474. The number of carbonyl (C=O) groups is 1. The van der Waals surface area contributed by atoms with Crippen LogP contribution in [-0.4, -0.2) is 22.0 Å². The van der Waals surface area contributed by atoms with E-state index in [1.54, 1.807) is 30.3 Å². The molecule has 0 aliphatic carbocycles. The number of non-ortho nitro benzene ring substituents is 1. The van der Waals surface area contributed by atoms with Gasteiger partial charge in [0.2, 0.25) is 0 Å². The van der Waals surface area contributed by atoms with E-state index in [1.165, 1.54) is 0 Å². The average molecular weight is 329 g/mol. The smallest absolute Gasteiger partial charge is 0.301 e. The SMILES string of the molecule is O=C(/C=N/Nc1ccc([N+](=O)[O-])cc1[N+](=O)[O-])Nc1ccccc1. The largest absolute Gasteiger partial charge is 0.321 e. The third-order valence-electron chi connectivity index (χ3n) is 2.80. The van der Waals surface area contributed by atoms with Gasteiger partial charge in [-0.05, 0) is 18.2 Å². The Morgan fingerprint density at radius 3 is 2.38 bits per heavy atom. The molecule has 10 heteroatoms. The second-order valence-corrected chi connectivity index (χ2v) is 4.44. The lowest BCUT2D eigenvalue weighted by atomic mass is 10.2. The minimum Gasteiger partial charge on any atom is -0.321 e. The molecule has 0 aromatic heterocycles. The summed E-state index contributed by atoms with van der Waals surface area (Å²) in [5.41, 5.74) is 1.87. The number of nitrogens with one attached hydrogen (secondary N) is 2. The third-order valence-corrected chi connectivity index (χ3v) is 2.80. The molecular formula is C14H11N5O5. The summed E-state index contributed by atoms with van der Waals surface area (Å²) in [4.78, 5) is 31.7. The van der Waals surface area contributed by atoms with Gasteiger partial charge in [0.25, 0.3) is 11.6 Å². The number of hydrazone groups is 1. The van der Waals surface area contributed by atoms with Gasteiger partial charge in [-0.3, -0.25) is 30.4 Å². The zero-order valence-corrected chi connectivity index (χ0v) is 12.1. The Hall–Kier alpha value is -3.82.